The fourth-order valence-electron chi connectivity index (χ4n) is 3.01. The topological polar surface area (TPSA) is 77.1 Å². The third-order valence-electron chi connectivity index (χ3n) is 4.35. The number of ether oxygens (including phenoxy) is 3. The number of nitrogens with one attached hydrogen (secondary N) is 1. The predicted molar refractivity (Wildman–Crippen MR) is 97.8 cm³/mol. The van der Waals surface area contributed by atoms with Crippen LogP contribution in [0, 0.1) is 0 Å². The summed E-state index contributed by atoms with van der Waals surface area (Å²) < 4.78 is 54.6. The lowest BCUT2D eigenvalue weighted by Gasteiger charge is -2.30. The largest absolute Gasteiger partial charge is 0.493 e. The van der Waals surface area contributed by atoms with Gasteiger partial charge in [-0.15, -0.1) is 0 Å². The molecule has 0 atom stereocenters. The molecule has 29 heavy (non-hydrogen) atoms. The lowest BCUT2D eigenvalue weighted by molar-refractivity contribution is -0.137. The number of nitrogens with zero attached hydrogens (tertiary/aromatic N) is 1. The standard InChI is InChI=1S/C19H17F3N2O5/c1-27-14-6-10(7-15(28-2)17(14)29-3)18(26)24-9-16(25)23-12-8-11(19(20,21)22)4-5-13(12)24/h4-8H,9H2,1-3H3,(H,23,25). The minimum Gasteiger partial charge on any atom is -0.493 e. The molecule has 0 saturated carbocycles. The van der Waals surface area contributed by atoms with Crippen molar-refractivity contribution < 1.29 is 37.0 Å². The van der Waals surface area contributed by atoms with Crippen LogP contribution in [0.4, 0.5) is 24.5 Å². The van der Waals surface area contributed by atoms with Crippen LogP contribution in [0.3, 0.4) is 0 Å². The van der Waals surface area contributed by atoms with Crippen molar-refractivity contribution in [3.05, 3.63) is 41.5 Å². The molecule has 0 fully saturated rings. The maximum Gasteiger partial charge on any atom is 0.416 e. The van der Waals surface area contributed by atoms with E-state index in [1.807, 2.05) is 0 Å². The Morgan fingerprint density at radius 2 is 1.66 bits per heavy atom. The third-order valence-corrected chi connectivity index (χ3v) is 4.35. The zero-order valence-corrected chi connectivity index (χ0v) is 15.7. The van der Waals surface area contributed by atoms with E-state index >= 15 is 0 Å². The summed E-state index contributed by atoms with van der Waals surface area (Å²) in [6.45, 7) is -0.353. The number of hydrogen-bond acceptors (Lipinski definition) is 5. The van der Waals surface area contributed by atoms with Gasteiger partial charge in [-0.05, 0) is 30.3 Å². The first kappa shape index (κ1) is 20.3. The first-order chi connectivity index (χ1) is 13.7. The second-order valence-corrected chi connectivity index (χ2v) is 6.08. The van der Waals surface area contributed by atoms with Gasteiger partial charge in [0.05, 0.1) is 38.3 Å². The SMILES string of the molecule is COc1cc(C(=O)N2CC(=O)Nc3cc(C(F)(F)F)ccc32)cc(OC)c1OC. The number of alkyl halides is 3. The lowest BCUT2D eigenvalue weighted by atomic mass is 10.1. The van der Waals surface area contributed by atoms with E-state index in [0.29, 0.717) is 0 Å². The van der Waals surface area contributed by atoms with Crippen LogP contribution in [-0.2, 0) is 11.0 Å². The molecular formula is C19H17F3N2O5. The Bertz CT molecular complexity index is 950. The molecule has 0 saturated heterocycles. The number of carbonyl (C=O) groups excluding carboxylic acids is 2. The van der Waals surface area contributed by atoms with Crippen molar-refractivity contribution in [3.8, 4) is 17.2 Å². The number of halogens is 3. The molecule has 0 aliphatic carbocycles. The highest BCUT2D eigenvalue weighted by atomic mass is 19.4. The van der Waals surface area contributed by atoms with Crippen LogP contribution in [0.1, 0.15) is 15.9 Å². The molecule has 10 heteroatoms. The zero-order valence-electron chi connectivity index (χ0n) is 15.7. The molecule has 1 heterocycles. The number of benzene rings is 2. The van der Waals surface area contributed by atoms with Crippen molar-refractivity contribution >= 4 is 23.2 Å². The van der Waals surface area contributed by atoms with Gasteiger partial charge in [-0.3, -0.25) is 14.5 Å². The molecule has 2 aromatic carbocycles. The molecule has 7 nitrogen and oxygen atoms in total. The molecule has 3 rings (SSSR count). The molecule has 0 radical (unpaired) electrons. The average Bonchev–Trinajstić information content (AvgIpc) is 2.70. The minimum absolute atomic E-state index is 0.100. The van der Waals surface area contributed by atoms with E-state index in [-0.39, 0.29) is 40.7 Å². The Hall–Kier alpha value is -3.43. The maximum atomic E-state index is 13.1. The van der Waals surface area contributed by atoms with Crippen LogP contribution in [0.2, 0.25) is 0 Å². The summed E-state index contributed by atoms with van der Waals surface area (Å²) in [4.78, 5) is 26.2. The summed E-state index contributed by atoms with van der Waals surface area (Å²) >= 11 is 0. The van der Waals surface area contributed by atoms with Gasteiger partial charge >= 0.3 is 6.18 Å². The summed E-state index contributed by atoms with van der Waals surface area (Å²) in [7, 11) is 4.17. The van der Waals surface area contributed by atoms with E-state index < -0.39 is 23.6 Å². The molecule has 1 aliphatic rings. The van der Waals surface area contributed by atoms with E-state index in [2.05, 4.69) is 5.32 Å². The quantitative estimate of drug-likeness (QED) is 0.837. The molecule has 1 N–H and O–H groups in total. The Balaban J connectivity index is 2.06. The number of hydrogen-bond donors (Lipinski definition) is 1. The summed E-state index contributed by atoms with van der Waals surface area (Å²) in [5.74, 6) is -0.496. The Labute approximate surface area is 164 Å². The van der Waals surface area contributed by atoms with Crippen LogP contribution in [0.15, 0.2) is 30.3 Å². The highest BCUT2D eigenvalue weighted by Crippen LogP contribution is 2.40. The molecule has 0 aromatic heterocycles. The minimum atomic E-state index is -4.58. The van der Waals surface area contributed by atoms with Crippen molar-refractivity contribution in [1.29, 1.82) is 0 Å². The predicted octanol–water partition coefficient (Wildman–Crippen LogP) is 3.33. The first-order valence-corrected chi connectivity index (χ1v) is 8.32. The van der Waals surface area contributed by atoms with Gasteiger partial charge in [0.1, 0.15) is 6.54 Å². The van der Waals surface area contributed by atoms with Crippen LogP contribution >= 0.6 is 0 Å². The van der Waals surface area contributed by atoms with Crippen molar-refractivity contribution in [2.75, 3.05) is 38.1 Å². The fraction of sp³-hybridized carbons (Fsp3) is 0.263. The number of fused-ring (bicyclic) bond motifs is 1. The highest BCUT2D eigenvalue weighted by Gasteiger charge is 2.34. The van der Waals surface area contributed by atoms with Gasteiger partial charge in [-0.1, -0.05) is 0 Å². The highest BCUT2D eigenvalue weighted by molar-refractivity contribution is 6.15. The van der Waals surface area contributed by atoms with Crippen LogP contribution in [0.25, 0.3) is 0 Å². The molecular weight excluding hydrogens is 393 g/mol. The van der Waals surface area contributed by atoms with E-state index in [9.17, 15) is 22.8 Å². The lowest BCUT2D eigenvalue weighted by Crippen LogP contribution is -2.42. The Morgan fingerprint density at radius 1 is 1.03 bits per heavy atom. The van der Waals surface area contributed by atoms with E-state index in [4.69, 9.17) is 14.2 Å². The second kappa shape index (κ2) is 7.53. The van der Waals surface area contributed by atoms with Gasteiger partial charge in [0, 0.05) is 5.56 Å². The molecule has 2 aromatic rings. The molecule has 0 bridgehead atoms. The van der Waals surface area contributed by atoms with Crippen molar-refractivity contribution in [2.45, 2.75) is 6.18 Å². The van der Waals surface area contributed by atoms with E-state index in [1.165, 1.54) is 33.5 Å². The maximum absolute atomic E-state index is 13.1. The second-order valence-electron chi connectivity index (χ2n) is 6.08. The number of anilines is 2. The Kier molecular flexibility index (Phi) is 5.27. The monoisotopic (exact) mass is 410 g/mol. The van der Waals surface area contributed by atoms with Crippen molar-refractivity contribution in [1.82, 2.24) is 0 Å². The normalized spacial score (nSPS) is 13.4. The van der Waals surface area contributed by atoms with Crippen LogP contribution < -0.4 is 24.4 Å². The van der Waals surface area contributed by atoms with Crippen molar-refractivity contribution in [2.24, 2.45) is 0 Å². The van der Waals surface area contributed by atoms with Gasteiger partial charge in [0.25, 0.3) is 5.91 Å². The first-order valence-electron chi connectivity index (χ1n) is 8.32. The summed E-state index contributed by atoms with van der Waals surface area (Å²) in [5, 5.41) is 2.37. The van der Waals surface area contributed by atoms with Crippen LogP contribution in [0.5, 0.6) is 17.2 Å². The smallest absolute Gasteiger partial charge is 0.416 e. The summed E-state index contributed by atoms with van der Waals surface area (Å²) in [5.41, 5.74) is -0.771. The number of rotatable bonds is 4. The number of amides is 2. The molecule has 1 aliphatic heterocycles. The molecule has 2 amide bonds. The van der Waals surface area contributed by atoms with Crippen LogP contribution in [-0.4, -0.2) is 39.7 Å². The van der Waals surface area contributed by atoms with Gasteiger partial charge in [-0.2, -0.15) is 13.2 Å². The molecule has 0 spiro atoms. The number of carbonyl (C=O) groups is 2. The Morgan fingerprint density at radius 3 is 2.17 bits per heavy atom. The van der Waals surface area contributed by atoms with E-state index in [0.717, 1.165) is 23.1 Å². The summed E-state index contributed by atoms with van der Waals surface area (Å²) in [6.07, 6.45) is -4.58. The number of methoxy groups -OCH3 is 3. The summed E-state index contributed by atoms with van der Waals surface area (Å²) in [6, 6.07) is 5.60. The fourth-order valence-corrected chi connectivity index (χ4v) is 3.01. The van der Waals surface area contributed by atoms with Gasteiger partial charge in [0.2, 0.25) is 11.7 Å². The van der Waals surface area contributed by atoms with Gasteiger partial charge in [0.15, 0.2) is 11.5 Å². The third kappa shape index (κ3) is 3.78. The van der Waals surface area contributed by atoms with Crippen molar-refractivity contribution in [3.63, 3.8) is 0 Å². The van der Waals surface area contributed by atoms with E-state index in [1.54, 1.807) is 0 Å². The average molecular weight is 410 g/mol. The zero-order chi connectivity index (χ0) is 21.3. The molecule has 0 unspecified atom stereocenters. The molecule has 154 valence electrons. The van der Waals surface area contributed by atoms with Gasteiger partial charge < -0.3 is 19.5 Å². The van der Waals surface area contributed by atoms with Gasteiger partial charge in [-0.25, -0.2) is 0 Å².